The third-order valence-corrected chi connectivity index (χ3v) is 7.05. The topological polar surface area (TPSA) is 66.5 Å². The first kappa shape index (κ1) is 21.4. The van der Waals surface area contributed by atoms with Crippen LogP contribution < -0.4 is 4.72 Å². The monoisotopic (exact) mass is 478 g/mol. The number of hydrogen-bond acceptors (Lipinski definition) is 4. The van der Waals surface area contributed by atoms with E-state index in [9.17, 15) is 13.2 Å². The van der Waals surface area contributed by atoms with Crippen molar-refractivity contribution in [1.29, 1.82) is 0 Å². The Hall–Kier alpha value is -0.930. The summed E-state index contributed by atoms with van der Waals surface area (Å²) in [6, 6.07) is 8.83. The molecule has 0 aliphatic heterocycles. The van der Waals surface area contributed by atoms with Gasteiger partial charge in [0, 0.05) is 16.9 Å². The van der Waals surface area contributed by atoms with Crippen molar-refractivity contribution in [3.05, 3.63) is 50.1 Å². The van der Waals surface area contributed by atoms with E-state index in [0.29, 0.717) is 11.6 Å². The van der Waals surface area contributed by atoms with Crippen molar-refractivity contribution in [2.75, 3.05) is 7.05 Å². The molecule has 0 aliphatic carbocycles. The number of rotatable bonds is 7. The number of nitrogens with one attached hydrogen (secondary N) is 1. The highest BCUT2D eigenvalue weighted by molar-refractivity contribution is 9.11. The minimum Gasteiger partial charge on any atom is -0.339 e. The van der Waals surface area contributed by atoms with E-state index in [1.807, 2.05) is 26.0 Å². The number of likely N-dealkylation sites (N-methyl/N-ethyl adjacent to an activating group) is 1. The number of benzene rings is 1. The number of carbonyl (C=O) groups is 1. The van der Waals surface area contributed by atoms with Gasteiger partial charge in [0.05, 0.1) is 15.2 Å². The van der Waals surface area contributed by atoms with Crippen molar-refractivity contribution in [3.63, 3.8) is 0 Å². The predicted molar refractivity (Wildman–Crippen MR) is 109 cm³/mol. The molecule has 2 aromatic rings. The van der Waals surface area contributed by atoms with Crippen LogP contribution in [0, 0.1) is 5.92 Å². The second-order valence-electron chi connectivity index (χ2n) is 6.20. The van der Waals surface area contributed by atoms with E-state index in [0.717, 1.165) is 8.66 Å². The molecule has 1 atom stereocenters. The molecule has 1 aromatic carbocycles. The van der Waals surface area contributed by atoms with Crippen molar-refractivity contribution < 1.29 is 13.2 Å². The molecule has 0 saturated heterocycles. The van der Waals surface area contributed by atoms with Crippen LogP contribution in [0.4, 0.5) is 0 Å². The third-order valence-electron chi connectivity index (χ3n) is 3.74. The fraction of sp³-hybridized carbons (Fsp3) is 0.353. The fourth-order valence-corrected chi connectivity index (χ4v) is 5.31. The van der Waals surface area contributed by atoms with Gasteiger partial charge in [-0.1, -0.05) is 25.4 Å². The van der Waals surface area contributed by atoms with Gasteiger partial charge in [0.25, 0.3) is 0 Å². The van der Waals surface area contributed by atoms with Crippen LogP contribution in [-0.4, -0.2) is 32.3 Å². The zero-order valence-electron chi connectivity index (χ0n) is 14.6. The summed E-state index contributed by atoms with van der Waals surface area (Å²) in [6.07, 6.45) is 0. The maximum Gasteiger partial charge on any atom is 0.241 e. The summed E-state index contributed by atoms with van der Waals surface area (Å²) >= 11 is 10.7. The van der Waals surface area contributed by atoms with Crippen molar-refractivity contribution >= 4 is 54.8 Å². The van der Waals surface area contributed by atoms with Gasteiger partial charge in [0.2, 0.25) is 15.9 Å². The van der Waals surface area contributed by atoms with Gasteiger partial charge in [0.15, 0.2) is 0 Å². The van der Waals surface area contributed by atoms with E-state index < -0.39 is 16.1 Å². The summed E-state index contributed by atoms with van der Waals surface area (Å²) in [5.41, 5.74) is 0. The average molecular weight is 480 g/mol. The highest BCUT2D eigenvalue weighted by atomic mass is 79.9. The van der Waals surface area contributed by atoms with Gasteiger partial charge < -0.3 is 4.90 Å². The summed E-state index contributed by atoms with van der Waals surface area (Å²) in [4.78, 5) is 15.4. The lowest BCUT2D eigenvalue weighted by Crippen LogP contribution is -2.49. The molecule has 9 heteroatoms. The van der Waals surface area contributed by atoms with Crippen LogP contribution in [-0.2, 0) is 21.4 Å². The molecule has 0 radical (unpaired) electrons. The van der Waals surface area contributed by atoms with Crippen molar-refractivity contribution in [2.45, 2.75) is 31.3 Å². The Morgan fingerprint density at radius 2 is 1.85 bits per heavy atom. The average Bonchev–Trinajstić information content (AvgIpc) is 2.97. The largest absolute Gasteiger partial charge is 0.339 e. The lowest BCUT2D eigenvalue weighted by molar-refractivity contribution is -0.133. The van der Waals surface area contributed by atoms with Crippen LogP contribution in [0.5, 0.6) is 0 Å². The molecular weight excluding hydrogens is 460 g/mol. The number of thiophene rings is 1. The fourth-order valence-electron chi connectivity index (χ4n) is 2.31. The van der Waals surface area contributed by atoms with Crippen LogP contribution in [0.15, 0.2) is 45.1 Å². The second-order valence-corrected chi connectivity index (χ2v) is 10.9. The number of halogens is 2. The van der Waals surface area contributed by atoms with E-state index in [1.165, 1.54) is 40.5 Å². The van der Waals surface area contributed by atoms with Gasteiger partial charge in [-0.05, 0) is 58.2 Å². The number of nitrogens with zero attached hydrogens (tertiary/aromatic N) is 1. The summed E-state index contributed by atoms with van der Waals surface area (Å²) in [5, 5.41) is 0.447. The van der Waals surface area contributed by atoms with Crippen LogP contribution in [0.2, 0.25) is 5.02 Å². The minimum atomic E-state index is -3.83. The normalized spacial score (nSPS) is 13.0. The second kappa shape index (κ2) is 8.84. The highest BCUT2D eigenvalue weighted by Gasteiger charge is 2.30. The molecule has 0 fully saturated rings. The molecule has 2 rings (SSSR count). The standard InChI is InChI=1S/C17H20BrClN2O3S2/c1-11(2)16(17(22)21(3)10-13-6-9-15(18)25-13)20-26(23,24)14-7-4-12(19)5-8-14/h4-9,11,16,20H,10H2,1-3H3/t16-/m0/s1. The van der Waals surface area contributed by atoms with Gasteiger partial charge in [-0.2, -0.15) is 4.72 Å². The van der Waals surface area contributed by atoms with Crippen molar-refractivity contribution in [2.24, 2.45) is 5.92 Å². The molecule has 0 unspecified atom stereocenters. The molecule has 1 heterocycles. The highest BCUT2D eigenvalue weighted by Crippen LogP contribution is 2.23. The van der Waals surface area contributed by atoms with Crippen LogP contribution >= 0.6 is 38.9 Å². The number of amides is 1. The van der Waals surface area contributed by atoms with Gasteiger partial charge in [-0.3, -0.25) is 4.79 Å². The first-order valence-electron chi connectivity index (χ1n) is 7.87. The molecule has 26 heavy (non-hydrogen) atoms. The molecule has 0 aliphatic rings. The summed E-state index contributed by atoms with van der Waals surface area (Å²) in [6.45, 7) is 4.03. The summed E-state index contributed by atoms with van der Waals surface area (Å²) < 4.78 is 28.8. The lowest BCUT2D eigenvalue weighted by Gasteiger charge is -2.26. The zero-order valence-corrected chi connectivity index (χ0v) is 18.5. The van der Waals surface area contributed by atoms with Crippen LogP contribution in [0.25, 0.3) is 0 Å². The van der Waals surface area contributed by atoms with Gasteiger partial charge in [-0.25, -0.2) is 8.42 Å². The van der Waals surface area contributed by atoms with E-state index in [-0.39, 0.29) is 16.7 Å². The maximum atomic E-state index is 12.8. The van der Waals surface area contributed by atoms with Crippen molar-refractivity contribution in [1.82, 2.24) is 9.62 Å². The Balaban J connectivity index is 2.16. The molecule has 1 aromatic heterocycles. The van der Waals surface area contributed by atoms with E-state index in [4.69, 9.17) is 11.6 Å². The van der Waals surface area contributed by atoms with Gasteiger partial charge >= 0.3 is 0 Å². The Bertz CT molecular complexity index is 866. The molecule has 1 N–H and O–H groups in total. The minimum absolute atomic E-state index is 0.0743. The van der Waals surface area contributed by atoms with Crippen molar-refractivity contribution in [3.8, 4) is 0 Å². The maximum absolute atomic E-state index is 12.8. The Labute approximate surface area is 171 Å². The summed E-state index contributed by atoms with van der Waals surface area (Å²) in [7, 11) is -2.16. The lowest BCUT2D eigenvalue weighted by atomic mass is 10.0. The van der Waals surface area contributed by atoms with Gasteiger partial charge in [0.1, 0.15) is 6.04 Å². The SMILES string of the molecule is CC(C)[C@H](NS(=O)(=O)c1ccc(Cl)cc1)C(=O)N(C)Cc1ccc(Br)s1. The molecule has 0 bridgehead atoms. The Morgan fingerprint density at radius 1 is 1.23 bits per heavy atom. The first-order valence-corrected chi connectivity index (χ1v) is 11.3. The first-order chi connectivity index (χ1) is 12.1. The molecular formula is C17H20BrClN2O3S2. The van der Waals surface area contributed by atoms with Crippen LogP contribution in [0.1, 0.15) is 18.7 Å². The van der Waals surface area contributed by atoms with E-state index >= 15 is 0 Å². The van der Waals surface area contributed by atoms with E-state index in [1.54, 1.807) is 7.05 Å². The third kappa shape index (κ3) is 5.53. The molecule has 5 nitrogen and oxygen atoms in total. The number of carbonyl (C=O) groups excluding carboxylic acids is 1. The number of sulfonamides is 1. The Kier molecular flexibility index (Phi) is 7.27. The predicted octanol–water partition coefficient (Wildman–Crippen LogP) is 4.13. The molecule has 142 valence electrons. The zero-order chi connectivity index (χ0) is 19.5. The Morgan fingerprint density at radius 3 is 2.35 bits per heavy atom. The number of hydrogen-bond donors (Lipinski definition) is 1. The van der Waals surface area contributed by atoms with Gasteiger partial charge in [-0.15, -0.1) is 11.3 Å². The summed E-state index contributed by atoms with van der Waals surface area (Å²) in [5.74, 6) is -0.482. The quantitative estimate of drug-likeness (QED) is 0.649. The van der Waals surface area contributed by atoms with Crippen LogP contribution in [0.3, 0.4) is 0 Å². The molecule has 0 spiro atoms. The smallest absolute Gasteiger partial charge is 0.241 e. The van der Waals surface area contributed by atoms with E-state index in [2.05, 4.69) is 20.7 Å². The molecule has 0 saturated carbocycles. The molecule has 1 amide bonds.